The van der Waals surface area contributed by atoms with Crippen LogP contribution in [0.2, 0.25) is 0 Å². The van der Waals surface area contributed by atoms with E-state index in [0.29, 0.717) is 0 Å². The Hall–Kier alpha value is -2.44. The van der Waals surface area contributed by atoms with Crippen molar-refractivity contribution in [2.75, 3.05) is 0 Å². The van der Waals surface area contributed by atoms with Gasteiger partial charge in [0.25, 0.3) is 0 Å². The number of ketones is 1. The van der Waals surface area contributed by atoms with E-state index >= 15 is 0 Å². The standard InChI is InChI=1S/C9H6FN3O3/c10-5-1-2-16-8(5)6(14)3-7(15)9-11-4-12-13-9/h1-4,15H,(H,11,12,13). The minimum absolute atomic E-state index is 0.0142. The highest BCUT2D eigenvalue weighted by Gasteiger charge is 2.15. The van der Waals surface area contributed by atoms with Gasteiger partial charge in [-0.1, -0.05) is 0 Å². The maximum absolute atomic E-state index is 12.9. The molecule has 2 aromatic rings. The molecule has 2 rings (SSSR count). The summed E-state index contributed by atoms with van der Waals surface area (Å²) in [6, 6.07) is 1.01. The lowest BCUT2D eigenvalue weighted by Crippen LogP contribution is -1.98. The normalized spacial score (nSPS) is 11.7. The number of allylic oxidation sites excluding steroid dienone is 1. The van der Waals surface area contributed by atoms with E-state index in [9.17, 15) is 14.3 Å². The molecule has 0 aliphatic rings. The minimum Gasteiger partial charge on any atom is -0.504 e. The molecule has 7 heteroatoms. The summed E-state index contributed by atoms with van der Waals surface area (Å²) in [4.78, 5) is 15.0. The van der Waals surface area contributed by atoms with E-state index in [2.05, 4.69) is 19.6 Å². The SMILES string of the molecule is O=C(C=C(O)c1ncn[nH]1)c1occc1F. The molecule has 0 aromatic carbocycles. The molecule has 0 aliphatic carbocycles. The number of nitrogens with one attached hydrogen (secondary N) is 1. The summed E-state index contributed by atoms with van der Waals surface area (Å²) in [7, 11) is 0. The number of nitrogens with zero attached hydrogens (tertiary/aromatic N) is 2. The summed E-state index contributed by atoms with van der Waals surface area (Å²) in [6.45, 7) is 0. The molecule has 2 heterocycles. The van der Waals surface area contributed by atoms with E-state index in [-0.39, 0.29) is 5.82 Å². The van der Waals surface area contributed by atoms with Gasteiger partial charge in [-0.15, -0.1) is 0 Å². The molecule has 2 aromatic heterocycles. The van der Waals surface area contributed by atoms with Gasteiger partial charge in [0.15, 0.2) is 17.4 Å². The number of aliphatic hydroxyl groups is 1. The Morgan fingerprint density at radius 2 is 2.44 bits per heavy atom. The number of aromatic nitrogens is 3. The monoisotopic (exact) mass is 223 g/mol. The highest BCUT2D eigenvalue weighted by atomic mass is 19.1. The number of carbonyl (C=O) groups excluding carboxylic acids is 1. The average Bonchev–Trinajstić information content (AvgIpc) is 2.86. The van der Waals surface area contributed by atoms with Gasteiger partial charge in [0, 0.05) is 12.1 Å². The summed E-state index contributed by atoms with van der Waals surface area (Å²) in [5.41, 5.74) is 0. The van der Waals surface area contributed by atoms with Crippen LogP contribution in [0.15, 0.2) is 29.2 Å². The average molecular weight is 223 g/mol. The molecule has 0 unspecified atom stereocenters. The fourth-order valence-corrected chi connectivity index (χ4v) is 1.06. The molecular formula is C9H6FN3O3. The van der Waals surface area contributed by atoms with Crippen LogP contribution in [0.3, 0.4) is 0 Å². The lowest BCUT2D eigenvalue weighted by Gasteiger charge is -1.93. The summed E-state index contributed by atoms with van der Waals surface area (Å²) in [5, 5.41) is 15.2. The maximum atomic E-state index is 12.9. The molecule has 6 nitrogen and oxygen atoms in total. The molecule has 0 bridgehead atoms. The third-order valence-corrected chi connectivity index (χ3v) is 1.77. The first-order valence-corrected chi connectivity index (χ1v) is 4.22. The highest BCUT2D eigenvalue weighted by molar-refractivity contribution is 6.05. The van der Waals surface area contributed by atoms with Gasteiger partial charge >= 0.3 is 0 Å². The first kappa shape index (κ1) is 10.1. The first-order chi connectivity index (χ1) is 7.68. The number of hydrogen-bond donors (Lipinski definition) is 2. The zero-order valence-corrected chi connectivity index (χ0v) is 7.85. The molecule has 0 amide bonds. The number of rotatable bonds is 3. The summed E-state index contributed by atoms with van der Waals surface area (Å²) in [6.07, 6.45) is 3.00. The molecule has 0 aliphatic heterocycles. The second-order valence-electron chi connectivity index (χ2n) is 2.83. The van der Waals surface area contributed by atoms with Crippen molar-refractivity contribution in [2.45, 2.75) is 0 Å². The van der Waals surface area contributed by atoms with Crippen LogP contribution in [0.1, 0.15) is 16.4 Å². The summed E-state index contributed by atoms with van der Waals surface area (Å²) < 4.78 is 17.5. The van der Waals surface area contributed by atoms with Gasteiger partial charge in [-0.3, -0.25) is 9.89 Å². The van der Waals surface area contributed by atoms with Gasteiger partial charge in [0.05, 0.1) is 6.26 Å². The van der Waals surface area contributed by atoms with Crippen molar-refractivity contribution in [2.24, 2.45) is 0 Å². The van der Waals surface area contributed by atoms with Gasteiger partial charge in [-0.05, 0) is 0 Å². The quantitative estimate of drug-likeness (QED) is 0.465. The Balaban J connectivity index is 2.25. The van der Waals surface area contributed by atoms with E-state index in [0.717, 1.165) is 24.7 Å². The van der Waals surface area contributed by atoms with E-state index in [1.807, 2.05) is 0 Å². The second kappa shape index (κ2) is 3.97. The predicted octanol–water partition coefficient (Wildman–Crippen LogP) is 1.32. The Bertz CT molecular complexity index is 530. The van der Waals surface area contributed by atoms with Crippen molar-refractivity contribution >= 4 is 11.5 Å². The number of carbonyl (C=O) groups is 1. The Kier molecular flexibility index (Phi) is 2.50. The van der Waals surface area contributed by atoms with Crippen LogP contribution < -0.4 is 0 Å². The van der Waals surface area contributed by atoms with E-state index in [1.165, 1.54) is 0 Å². The van der Waals surface area contributed by atoms with Crippen LogP contribution in [0.5, 0.6) is 0 Å². The maximum Gasteiger partial charge on any atom is 0.227 e. The zero-order chi connectivity index (χ0) is 11.5. The van der Waals surface area contributed by atoms with E-state index in [4.69, 9.17) is 0 Å². The number of furan rings is 1. The van der Waals surface area contributed by atoms with E-state index in [1.54, 1.807) is 0 Å². The molecule has 0 spiro atoms. The van der Waals surface area contributed by atoms with Crippen molar-refractivity contribution in [1.29, 1.82) is 0 Å². The molecule has 0 fully saturated rings. The van der Waals surface area contributed by atoms with Crippen molar-refractivity contribution in [3.8, 4) is 0 Å². The molecule has 82 valence electrons. The zero-order valence-electron chi connectivity index (χ0n) is 7.85. The van der Waals surface area contributed by atoms with E-state index < -0.39 is 23.1 Å². The third-order valence-electron chi connectivity index (χ3n) is 1.77. The van der Waals surface area contributed by atoms with Crippen LogP contribution >= 0.6 is 0 Å². The molecule has 0 atom stereocenters. The molecule has 0 saturated heterocycles. The lowest BCUT2D eigenvalue weighted by atomic mass is 10.2. The number of aliphatic hydroxyl groups excluding tert-OH is 1. The molecule has 16 heavy (non-hydrogen) atoms. The van der Waals surface area contributed by atoms with Gasteiger partial charge in [0.2, 0.25) is 11.5 Å². The smallest absolute Gasteiger partial charge is 0.227 e. The lowest BCUT2D eigenvalue weighted by molar-refractivity contribution is 0.101. The molecular weight excluding hydrogens is 217 g/mol. The Labute approximate surface area is 88.4 Å². The van der Waals surface area contributed by atoms with Crippen LogP contribution in [-0.2, 0) is 0 Å². The molecule has 2 N–H and O–H groups in total. The number of hydrogen-bond acceptors (Lipinski definition) is 5. The number of H-pyrrole nitrogens is 1. The van der Waals surface area contributed by atoms with Crippen LogP contribution in [0, 0.1) is 5.82 Å². The fraction of sp³-hybridized carbons (Fsp3) is 0. The van der Waals surface area contributed by atoms with Crippen LogP contribution in [0.4, 0.5) is 4.39 Å². The first-order valence-electron chi connectivity index (χ1n) is 4.22. The second-order valence-corrected chi connectivity index (χ2v) is 2.83. The summed E-state index contributed by atoms with van der Waals surface area (Å²) in [5.74, 6) is -2.48. The molecule has 0 saturated carbocycles. The number of aromatic amines is 1. The molecule has 0 radical (unpaired) electrons. The van der Waals surface area contributed by atoms with Gasteiger partial charge < -0.3 is 9.52 Å². The highest BCUT2D eigenvalue weighted by Crippen LogP contribution is 2.12. The minimum atomic E-state index is -0.795. The van der Waals surface area contributed by atoms with Crippen molar-refractivity contribution in [3.05, 3.63) is 42.1 Å². The predicted molar refractivity (Wildman–Crippen MR) is 50.0 cm³/mol. The number of halogens is 1. The van der Waals surface area contributed by atoms with Crippen molar-refractivity contribution in [1.82, 2.24) is 15.2 Å². The van der Waals surface area contributed by atoms with Crippen LogP contribution in [0.25, 0.3) is 5.76 Å². The Morgan fingerprint density at radius 1 is 1.62 bits per heavy atom. The third kappa shape index (κ3) is 1.83. The topological polar surface area (TPSA) is 92.0 Å². The van der Waals surface area contributed by atoms with Crippen molar-refractivity contribution < 1.29 is 18.7 Å². The van der Waals surface area contributed by atoms with Gasteiger partial charge in [-0.2, -0.15) is 5.10 Å². The Morgan fingerprint density at radius 3 is 3.00 bits per heavy atom. The van der Waals surface area contributed by atoms with Crippen molar-refractivity contribution in [3.63, 3.8) is 0 Å². The summed E-state index contributed by atoms with van der Waals surface area (Å²) >= 11 is 0. The van der Waals surface area contributed by atoms with Gasteiger partial charge in [0.1, 0.15) is 6.33 Å². The van der Waals surface area contributed by atoms with Crippen LogP contribution in [-0.4, -0.2) is 26.1 Å². The van der Waals surface area contributed by atoms with Gasteiger partial charge in [-0.25, -0.2) is 9.37 Å². The fourth-order valence-electron chi connectivity index (χ4n) is 1.06. The largest absolute Gasteiger partial charge is 0.504 e.